The molecular formula is C16H18F2N2O. The van der Waals surface area contributed by atoms with Crippen LogP contribution in [0.3, 0.4) is 0 Å². The highest BCUT2D eigenvalue weighted by Crippen LogP contribution is 2.21. The van der Waals surface area contributed by atoms with Gasteiger partial charge in [-0.1, -0.05) is 25.1 Å². The van der Waals surface area contributed by atoms with Crippen LogP contribution in [0.25, 0.3) is 0 Å². The molecule has 5 heteroatoms. The topological polar surface area (TPSA) is 34.2 Å². The van der Waals surface area contributed by atoms with E-state index in [0.717, 1.165) is 17.5 Å². The van der Waals surface area contributed by atoms with E-state index in [-0.39, 0.29) is 11.8 Å². The van der Waals surface area contributed by atoms with E-state index in [1.165, 1.54) is 0 Å². The van der Waals surface area contributed by atoms with Crippen LogP contribution >= 0.6 is 0 Å². The van der Waals surface area contributed by atoms with Crippen molar-refractivity contribution in [1.29, 1.82) is 0 Å². The third-order valence-electron chi connectivity index (χ3n) is 3.19. The van der Waals surface area contributed by atoms with Gasteiger partial charge < -0.3 is 10.1 Å². The van der Waals surface area contributed by atoms with Crippen molar-refractivity contribution in [1.82, 2.24) is 10.3 Å². The van der Waals surface area contributed by atoms with E-state index in [1.54, 1.807) is 18.3 Å². The fraction of sp³-hybridized carbons (Fsp3) is 0.312. The van der Waals surface area contributed by atoms with Gasteiger partial charge >= 0.3 is 6.61 Å². The summed E-state index contributed by atoms with van der Waals surface area (Å²) in [5.41, 5.74) is 2.15. The lowest BCUT2D eigenvalue weighted by Gasteiger charge is -2.18. The quantitative estimate of drug-likeness (QED) is 0.839. The van der Waals surface area contributed by atoms with Gasteiger partial charge in [-0.3, -0.25) is 4.98 Å². The number of hydrogen-bond donors (Lipinski definition) is 1. The number of hydrogen-bond acceptors (Lipinski definition) is 3. The Hall–Kier alpha value is -2.01. The molecule has 0 unspecified atom stereocenters. The summed E-state index contributed by atoms with van der Waals surface area (Å²) in [4.78, 5) is 4.07. The second kappa shape index (κ2) is 7.69. The molecule has 2 rings (SSSR count). The van der Waals surface area contributed by atoms with Crippen molar-refractivity contribution >= 4 is 0 Å². The van der Waals surface area contributed by atoms with E-state index in [0.29, 0.717) is 6.54 Å². The Morgan fingerprint density at radius 3 is 2.52 bits per heavy atom. The predicted octanol–water partition coefficient (Wildman–Crippen LogP) is 3.92. The summed E-state index contributed by atoms with van der Waals surface area (Å²) in [6, 6.07) is 10.8. The first kappa shape index (κ1) is 15.4. The highest BCUT2D eigenvalue weighted by atomic mass is 19.3. The first-order valence-corrected chi connectivity index (χ1v) is 6.86. The predicted molar refractivity (Wildman–Crippen MR) is 77.2 cm³/mol. The van der Waals surface area contributed by atoms with E-state index in [4.69, 9.17) is 0 Å². The summed E-state index contributed by atoms with van der Waals surface area (Å²) in [6.07, 6.45) is 4.46. The highest BCUT2D eigenvalue weighted by molar-refractivity contribution is 5.29. The largest absolute Gasteiger partial charge is 0.435 e. The molecule has 1 N–H and O–H groups in total. The molecule has 112 valence electrons. The van der Waals surface area contributed by atoms with Crippen LogP contribution in [0.2, 0.25) is 0 Å². The summed E-state index contributed by atoms with van der Waals surface area (Å²) < 4.78 is 28.6. The Labute approximate surface area is 123 Å². The molecule has 0 saturated heterocycles. The molecule has 2 aromatic rings. The molecular weight excluding hydrogens is 274 g/mol. The summed E-state index contributed by atoms with van der Waals surface area (Å²) >= 11 is 0. The number of nitrogens with zero attached hydrogens (tertiary/aromatic N) is 1. The zero-order valence-corrected chi connectivity index (χ0v) is 11.8. The van der Waals surface area contributed by atoms with Gasteiger partial charge in [0.05, 0.1) is 0 Å². The Balaban J connectivity index is 1.97. The van der Waals surface area contributed by atoms with Gasteiger partial charge in [0.1, 0.15) is 5.75 Å². The number of ether oxygens (including phenoxy) is 1. The summed E-state index contributed by atoms with van der Waals surface area (Å²) in [5, 5.41) is 3.43. The van der Waals surface area contributed by atoms with Crippen LogP contribution in [0.4, 0.5) is 8.78 Å². The number of aromatic nitrogens is 1. The first-order valence-electron chi connectivity index (χ1n) is 6.86. The van der Waals surface area contributed by atoms with Crippen LogP contribution in [-0.4, -0.2) is 11.6 Å². The van der Waals surface area contributed by atoms with Crippen molar-refractivity contribution in [2.24, 2.45) is 0 Å². The van der Waals surface area contributed by atoms with E-state index >= 15 is 0 Å². The highest BCUT2D eigenvalue weighted by Gasteiger charge is 2.10. The van der Waals surface area contributed by atoms with E-state index < -0.39 is 6.61 Å². The molecule has 0 amide bonds. The summed E-state index contributed by atoms with van der Waals surface area (Å²) in [6.45, 7) is -0.00641. The Kier molecular flexibility index (Phi) is 5.63. The molecule has 1 heterocycles. The van der Waals surface area contributed by atoms with E-state index in [2.05, 4.69) is 22.0 Å². The van der Waals surface area contributed by atoms with Gasteiger partial charge in [-0.25, -0.2) is 0 Å². The fourth-order valence-corrected chi connectivity index (χ4v) is 2.12. The zero-order valence-electron chi connectivity index (χ0n) is 11.8. The number of alkyl halides is 2. The van der Waals surface area contributed by atoms with Crippen molar-refractivity contribution < 1.29 is 13.5 Å². The lowest BCUT2D eigenvalue weighted by molar-refractivity contribution is -0.0498. The minimum Gasteiger partial charge on any atom is -0.435 e. The molecule has 0 bridgehead atoms. The minimum absolute atomic E-state index is 0.158. The monoisotopic (exact) mass is 292 g/mol. The molecule has 1 aromatic carbocycles. The van der Waals surface area contributed by atoms with Crippen molar-refractivity contribution in [2.45, 2.75) is 32.5 Å². The molecule has 1 atom stereocenters. The standard InChI is InChI=1S/C16H18F2N2O/c1-2-15(20-11-12-4-3-9-19-10-12)13-5-7-14(8-6-13)21-16(17)18/h3-10,15-16,20H,2,11H2,1H3/t15-/m1/s1. The molecule has 0 aliphatic carbocycles. The van der Waals surface area contributed by atoms with Crippen LogP contribution in [0, 0.1) is 0 Å². The van der Waals surface area contributed by atoms with Crippen LogP contribution in [-0.2, 0) is 6.54 Å². The molecule has 1 aromatic heterocycles. The van der Waals surface area contributed by atoms with Crippen LogP contribution in [0.15, 0.2) is 48.8 Å². The number of pyridine rings is 1. The minimum atomic E-state index is -2.79. The Morgan fingerprint density at radius 2 is 1.95 bits per heavy atom. The second-order valence-corrected chi connectivity index (χ2v) is 4.65. The Morgan fingerprint density at radius 1 is 1.19 bits per heavy atom. The number of halogens is 2. The third-order valence-corrected chi connectivity index (χ3v) is 3.19. The number of benzene rings is 1. The molecule has 3 nitrogen and oxygen atoms in total. The lowest BCUT2D eigenvalue weighted by Crippen LogP contribution is -2.20. The molecule has 21 heavy (non-hydrogen) atoms. The second-order valence-electron chi connectivity index (χ2n) is 4.65. The van der Waals surface area contributed by atoms with E-state index in [9.17, 15) is 8.78 Å². The number of rotatable bonds is 7. The first-order chi connectivity index (χ1) is 10.2. The summed E-state index contributed by atoms with van der Waals surface area (Å²) in [5.74, 6) is 0.177. The van der Waals surface area contributed by atoms with Gasteiger partial charge in [-0.2, -0.15) is 8.78 Å². The fourth-order valence-electron chi connectivity index (χ4n) is 2.12. The van der Waals surface area contributed by atoms with Gasteiger partial charge in [0.2, 0.25) is 0 Å². The lowest BCUT2D eigenvalue weighted by atomic mass is 10.0. The zero-order chi connectivity index (χ0) is 15.1. The van der Waals surface area contributed by atoms with Crippen LogP contribution in [0.1, 0.15) is 30.5 Å². The molecule has 0 radical (unpaired) electrons. The van der Waals surface area contributed by atoms with Gasteiger partial charge in [-0.15, -0.1) is 0 Å². The van der Waals surface area contributed by atoms with Crippen molar-refractivity contribution in [3.63, 3.8) is 0 Å². The molecule has 0 spiro atoms. The third kappa shape index (κ3) is 4.79. The maximum Gasteiger partial charge on any atom is 0.387 e. The van der Waals surface area contributed by atoms with Gasteiger partial charge in [-0.05, 0) is 35.7 Å². The van der Waals surface area contributed by atoms with Crippen molar-refractivity contribution in [3.05, 3.63) is 59.9 Å². The average Bonchev–Trinajstić information content (AvgIpc) is 2.50. The van der Waals surface area contributed by atoms with Gasteiger partial charge in [0.25, 0.3) is 0 Å². The normalized spacial score (nSPS) is 12.4. The maximum atomic E-state index is 12.1. The average molecular weight is 292 g/mol. The maximum absolute atomic E-state index is 12.1. The molecule has 0 saturated carbocycles. The van der Waals surface area contributed by atoms with Gasteiger partial charge in [0.15, 0.2) is 0 Å². The molecule has 0 aliphatic rings. The number of nitrogens with one attached hydrogen (secondary N) is 1. The molecule has 0 aliphatic heterocycles. The van der Waals surface area contributed by atoms with Gasteiger partial charge in [0, 0.05) is 25.0 Å². The Bertz CT molecular complexity index is 532. The van der Waals surface area contributed by atoms with Crippen molar-refractivity contribution in [3.8, 4) is 5.75 Å². The van der Waals surface area contributed by atoms with Crippen LogP contribution < -0.4 is 10.1 Å². The smallest absolute Gasteiger partial charge is 0.387 e. The summed E-state index contributed by atoms with van der Waals surface area (Å²) in [7, 11) is 0. The SMILES string of the molecule is CC[C@@H](NCc1cccnc1)c1ccc(OC(F)F)cc1. The molecule has 0 fully saturated rings. The van der Waals surface area contributed by atoms with Crippen molar-refractivity contribution in [2.75, 3.05) is 0 Å². The van der Waals surface area contributed by atoms with Crippen LogP contribution in [0.5, 0.6) is 5.75 Å². The van der Waals surface area contributed by atoms with E-state index in [1.807, 2.05) is 30.5 Å².